The van der Waals surface area contributed by atoms with Crippen molar-refractivity contribution in [1.82, 2.24) is 0 Å². The molecule has 3 heteroatoms. The second-order valence-electron chi connectivity index (χ2n) is 4.05. The Morgan fingerprint density at radius 2 is 2.00 bits per heavy atom. The van der Waals surface area contributed by atoms with E-state index < -0.39 is 0 Å². The van der Waals surface area contributed by atoms with Crippen LogP contribution in [0.4, 0.5) is 5.69 Å². The maximum Gasteiger partial charge on any atom is 0.0401 e. The molecule has 0 saturated heterocycles. The van der Waals surface area contributed by atoms with E-state index >= 15 is 0 Å². The molecule has 1 aliphatic rings. The summed E-state index contributed by atoms with van der Waals surface area (Å²) in [5.74, 6) is 0. The second-order valence-corrected chi connectivity index (χ2v) is 5.82. The Kier molecular flexibility index (Phi) is 2.19. The fraction of sp³-hybridized carbons (Fsp3) is 0.400. The monoisotopic (exact) mass is 303 g/mol. The van der Waals surface area contributed by atoms with Crippen LogP contribution in [0.15, 0.2) is 21.1 Å². The molecule has 1 aromatic carbocycles. The summed E-state index contributed by atoms with van der Waals surface area (Å²) in [6.07, 6.45) is 0. The lowest BCUT2D eigenvalue weighted by Gasteiger charge is -2.18. The SMILES string of the molecule is CC1(C)CNc2cc(Br)cc(Br)c21. The molecule has 0 unspecified atom stereocenters. The third kappa shape index (κ3) is 1.52. The Hall–Kier alpha value is -0.0200. The maximum absolute atomic E-state index is 3.60. The zero-order valence-corrected chi connectivity index (χ0v) is 10.8. The summed E-state index contributed by atoms with van der Waals surface area (Å²) < 4.78 is 2.30. The molecule has 0 radical (unpaired) electrons. The first-order chi connectivity index (χ1) is 6.00. The van der Waals surface area contributed by atoms with Crippen LogP contribution in [0.25, 0.3) is 0 Å². The molecule has 0 bridgehead atoms. The Morgan fingerprint density at radius 1 is 1.31 bits per heavy atom. The van der Waals surface area contributed by atoms with Crippen LogP contribution in [0.5, 0.6) is 0 Å². The van der Waals surface area contributed by atoms with Gasteiger partial charge in [0.1, 0.15) is 0 Å². The number of nitrogens with one attached hydrogen (secondary N) is 1. The van der Waals surface area contributed by atoms with Gasteiger partial charge in [-0.15, -0.1) is 0 Å². The lowest BCUT2D eigenvalue weighted by molar-refractivity contribution is 0.583. The molecule has 1 aliphatic heterocycles. The van der Waals surface area contributed by atoms with Gasteiger partial charge in [0.15, 0.2) is 0 Å². The third-order valence-corrected chi connectivity index (χ3v) is 3.54. The number of hydrogen-bond acceptors (Lipinski definition) is 1. The van der Waals surface area contributed by atoms with Crippen molar-refractivity contribution in [2.24, 2.45) is 0 Å². The quantitative estimate of drug-likeness (QED) is 0.766. The molecule has 0 amide bonds. The number of benzene rings is 1. The number of hydrogen-bond donors (Lipinski definition) is 1. The zero-order valence-electron chi connectivity index (χ0n) is 7.62. The van der Waals surface area contributed by atoms with E-state index in [0.717, 1.165) is 11.0 Å². The Morgan fingerprint density at radius 3 is 2.69 bits per heavy atom. The van der Waals surface area contributed by atoms with E-state index in [1.807, 2.05) is 0 Å². The lowest BCUT2D eigenvalue weighted by atomic mass is 9.87. The van der Waals surface area contributed by atoms with Crippen LogP contribution in [-0.2, 0) is 5.41 Å². The van der Waals surface area contributed by atoms with Gasteiger partial charge in [0, 0.05) is 26.6 Å². The van der Waals surface area contributed by atoms with Crippen molar-refractivity contribution in [2.75, 3.05) is 11.9 Å². The fourth-order valence-electron chi connectivity index (χ4n) is 1.81. The first kappa shape index (κ1) is 9.53. The van der Waals surface area contributed by atoms with Gasteiger partial charge in [0.05, 0.1) is 0 Å². The van der Waals surface area contributed by atoms with Gasteiger partial charge >= 0.3 is 0 Å². The van der Waals surface area contributed by atoms with E-state index in [0.29, 0.717) is 0 Å². The largest absolute Gasteiger partial charge is 0.384 e. The van der Waals surface area contributed by atoms with Crippen molar-refractivity contribution in [3.8, 4) is 0 Å². The molecule has 1 heterocycles. The normalized spacial score (nSPS) is 18.2. The molecule has 0 saturated carbocycles. The van der Waals surface area contributed by atoms with E-state index in [1.54, 1.807) is 0 Å². The molecular formula is C10H11Br2N. The van der Waals surface area contributed by atoms with Gasteiger partial charge < -0.3 is 5.32 Å². The van der Waals surface area contributed by atoms with Crippen LogP contribution in [-0.4, -0.2) is 6.54 Å². The van der Waals surface area contributed by atoms with Gasteiger partial charge in [0.2, 0.25) is 0 Å². The third-order valence-electron chi connectivity index (χ3n) is 2.45. The average Bonchev–Trinajstić information content (AvgIpc) is 2.26. The summed E-state index contributed by atoms with van der Waals surface area (Å²) in [6.45, 7) is 5.52. The molecule has 0 fully saturated rings. The summed E-state index contributed by atoms with van der Waals surface area (Å²) in [4.78, 5) is 0. The summed E-state index contributed by atoms with van der Waals surface area (Å²) in [7, 11) is 0. The topological polar surface area (TPSA) is 12.0 Å². The lowest BCUT2D eigenvalue weighted by Crippen LogP contribution is -2.19. The van der Waals surface area contributed by atoms with Crippen molar-refractivity contribution in [3.63, 3.8) is 0 Å². The Balaban J connectivity index is 2.65. The number of fused-ring (bicyclic) bond motifs is 1. The minimum Gasteiger partial charge on any atom is -0.384 e. The summed E-state index contributed by atoms with van der Waals surface area (Å²) in [5.41, 5.74) is 2.86. The first-order valence-corrected chi connectivity index (χ1v) is 5.83. The van der Waals surface area contributed by atoms with Crippen LogP contribution >= 0.6 is 31.9 Å². The molecule has 1 aromatic rings. The minimum absolute atomic E-state index is 0.231. The molecule has 13 heavy (non-hydrogen) atoms. The smallest absolute Gasteiger partial charge is 0.0401 e. The van der Waals surface area contributed by atoms with Gasteiger partial charge in [-0.3, -0.25) is 0 Å². The van der Waals surface area contributed by atoms with Crippen molar-refractivity contribution in [1.29, 1.82) is 0 Å². The predicted octanol–water partition coefficient (Wildman–Crippen LogP) is 3.91. The highest BCUT2D eigenvalue weighted by Gasteiger charge is 2.31. The van der Waals surface area contributed by atoms with E-state index in [4.69, 9.17) is 0 Å². The van der Waals surface area contributed by atoms with E-state index in [1.165, 1.54) is 15.7 Å². The minimum atomic E-state index is 0.231. The van der Waals surface area contributed by atoms with Crippen molar-refractivity contribution >= 4 is 37.5 Å². The molecule has 2 rings (SSSR count). The second kappa shape index (κ2) is 2.99. The highest BCUT2D eigenvalue weighted by Crippen LogP contribution is 2.42. The van der Waals surface area contributed by atoms with E-state index in [2.05, 4.69) is 63.2 Å². The van der Waals surface area contributed by atoms with Gasteiger partial charge in [-0.05, 0) is 17.7 Å². The molecule has 0 aliphatic carbocycles. The fourth-order valence-corrected chi connectivity index (χ4v) is 3.57. The number of halogens is 2. The summed E-state index contributed by atoms with van der Waals surface area (Å²) in [6, 6.07) is 4.24. The van der Waals surface area contributed by atoms with Crippen LogP contribution in [0.1, 0.15) is 19.4 Å². The van der Waals surface area contributed by atoms with Gasteiger partial charge in [-0.25, -0.2) is 0 Å². The van der Waals surface area contributed by atoms with Crippen LogP contribution in [0.2, 0.25) is 0 Å². The van der Waals surface area contributed by atoms with E-state index in [9.17, 15) is 0 Å². The van der Waals surface area contributed by atoms with Gasteiger partial charge in [0.25, 0.3) is 0 Å². The highest BCUT2D eigenvalue weighted by atomic mass is 79.9. The van der Waals surface area contributed by atoms with Gasteiger partial charge in [-0.2, -0.15) is 0 Å². The molecule has 1 nitrogen and oxygen atoms in total. The van der Waals surface area contributed by atoms with Crippen LogP contribution < -0.4 is 5.32 Å². The maximum atomic E-state index is 3.60. The van der Waals surface area contributed by atoms with Crippen molar-refractivity contribution < 1.29 is 0 Å². The highest BCUT2D eigenvalue weighted by molar-refractivity contribution is 9.11. The first-order valence-electron chi connectivity index (χ1n) is 4.24. The van der Waals surface area contributed by atoms with Crippen molar-refractivity contribution in [2.45, 2.75) is 19.3 Å². The average molecular weight is 305 g/mol. The molecule has 1 N–H and O–H groups in total. The molecule has 0 aromatic heterocycles. The zero-order chi connectivity index (χ0) is 9.64. The Bertz CT molecular complexity index is 358. The number of anilines is 1. The van der Waals surface area contributed by atoms with Gasteiger partial charge in [-0.1, -0.05) is 45.7 Å². The molecular weight excluding hydrogens is 294 g/mol. The van der Waals surface area contributed by atoms with Crippen LogP contribution in [0, 0.1) is 0 Å². The van der Waals surface area contributed by atoms with Crippen molar-refractivity contribution in [3.05, 3.63) is 26.6 Å². The Labute approximate surface area is 95.2 Å². The molecule has 0 atom stereocenters. The predicted molar refractivity (Wildman–Crippen MR) is 63.4 cm³/mol. The molecule has 70 valence electrons. The van der Waals surface area contributed by atoms with Crippen LogP contribution in [0.3, 0.4) is 0 Å². The number of rotatable bonds is 0. The standard InChI is InChI=1S/C10H11Br2N/c1-10(2)5-13-8-4-6(11)3-7(12)9(8)10/h3-4,13H,5H2,1-2H3. The van der Waals surface area contributed by atoms with E-state index in [-0.39, 0.29) is 5.41 Å². The summed E-state index contributed by atoms with van der Waals surface area (Å²) >= 11 is 7.09. The summed E-state index contributed by atoms with van der Waals surface area (Å²) in [5, 5.41) is 3.41. The molecule has 0 spiro atoms.